The van der Waals surface area contributed by atoms with Gasteiger partial charge in [-0.15, -0.1) is 5.10 Å². The number of ether oxygens (including phenoxy) is 1. The Morgan fingerprint density at radius 1 is 0.917 bits per heavy atom. The highest BCUT2D eigenvalue weighted by Gasteiger charge is 2.40. The van der Waals surface area contributed by atoms with Gasteiger partial charge in [0.2, 0.25) is 5.84 Å². The Hall–Kier alpha value is -4.53. The molecule has 0 saturated carbocycles. The molecule has 7 nitrogen and oxygen atoms in total. The number of halogens is 2. The standard InChI is InChI=1S/C27H23F2N5O2/c1-3-36-27(35)25-31-34(22-15-13-20(29)14-16-22)26(32(25)2)23-17-33(21-7-5-4-6-8-21)30-24(23)18-9-11-19(28)12-10-18/h4-17,26H,3H2,1-2H3. The summed E-state index contributed by atoms with van der Waals surface area (Å²) in [5.41, 5.74) is 3.39. The fourth-order valence-electron chi connectivity index (χ4n) is 4.14. The number of carbonyl (C=O) groups is 1. The Morgan fingerprint density at radius 2 is 1.56 bits per heavy atom. The summed E-state index contributed by atoms with van der Waals surface area (Å²) in [7, 11) is 1.73. The van der Waals surface area contributed by atoms with Crippen LogP contribution in [0.2, 0.25) is 0 Å². The first-order valence-electron chi connectivity index (χ1n) is 11.4. The molecule has 3 aromatic carbocycles. The summed E-state index contributed by atoms with van der Waals surface area (Å²) >= 11 is 0. The summed E-state index contributed by atoms with van der Waals surface area (Å²) in [6, 6.07) is 21.5. The van der Waals surface area contributed by atoms with Crippen LogP contribution in [-0.2, 0) is 9.53 Å². The highest BCUT2D eigenvalue weighted by molar-refractivity contribution is 6.36. The molecule has 0 bridgehead atoms. The van der Waals surface area contributed by atoms with Crippen molar-refractivity contribution in [2.24, 2.45) is 5.10 Å². The van der Waals surface area contributed by atoms with E-state index in [-0.39, 0.29) is 24.1 Å². The minimum Gasteiger partial charge on any atom is -0.460 e. The van der Waals surface area contributed by atoms with Gasteiger partial charge in [-0.1, -0.05) is 18.2 Å². The largest absolute Gasteiger partial charge is 0.460 e. The fourth-order valence-corrected chi connectivity index (χ4v) is 4.14. The fraction of sp³-hybridized carbons (Fsp3) is 0.148. The van der Waals surface area contributed by atoms with Gasteiger partial charge < -0.3 is 9.64 Å². The number of esters is 1. The van der Waals surface area contributed by atoms with Crippen molar-refractivity contribution < 1.29 is 18.3 Å². The second-order valence-electron chi connectivity index (χ2n) is 8.17. The molecule has 1 atom stereocenters. The number of nitrogens with zero attached hydrogens (tertiary/aromatic N) is 5. The van der Waals surface area contributed by atoms with E-state index in [0.29, 0.717) is 22.5 Å². The third kappa shape index (κ3) is 4.31. The normalized spacial score (nSPS) is 15.2. The summed E-state index contributed by atoms with van der Waals surface area (Å²) in [6.45, 7) is 1.92. The predicted octanol–water partition coefficient (Wildman–Crippen LogP) is 5.14. The number of rotatable bonds is 6. The minimum absolute atomic E-state index is 0.101. The summed E-state index contributed by atoms with van der Waals surface area (Å²) in [4.78, 5) is 14.4. The number of hydrazone groups is 1. The molecule has 1 aliphatic heterocycles. The molecule has 1 aliphatic rings. The molecule has 9 heteroatoms. The van der Waals surface area contributed by atoms with Gasteiger partial charge in [0.25, 0.3) is 0 Å². The van der Waals surface area contributed by atoms with Gasteiger partial charge in [0, 0.05) is 24.4 Å². The highest BCUT2D eigenvalue weighted by atomic mass is 19.1. The first-order valence-corrected chi connectivity index (χ1v) is 11.4. The average molecular weight is 488 g/mol. The van der Waals surface area contributed by atoms with E-state index in [9.17, 15) is 13.6 Å². The summed E-state index contributed by atoms with van der Waals surface area (Å²) in [5.74, 6) is -1.22. The molecule has 5 rings (SSSR count). The molecule has 0 amide bonds. The Morgan fingerprint density at radius 3 is 2.19 bits per heavy atom. The number of anilines is 1. The van der Waals surface area contributed by atoms with Crippen molar-refractivity contribution in [3.8, 4) is 16.9 Å². The van der Waals surface area contributed by atoms with Crippen molar-refractivity contribution in [2.75, 3.05) is 18.7 Å². The number of aromatic nitrogens is 2. The molecule has 0 saturated heterocycles. The van der Waals surface area contributed by atoms with Gasteiger partial charge in [-0.2, -0.15) is 5.10 Å². The molecular formula is C27H23F2N5O2. The number of hydrogen-bond acceptors (Lipinski definition) is 6. The molecule has 36 heavy (non-hydrogen) atoms. The molecule has 0 radical (unpaired) electrons. The number of hydrogen-bond donors (Lipinski definition) is 0. The Labute approximate surface area is 206 Å². The lowest BCUT2D eigenvalue weighted by molar-refractivity contribution is -0.135. The van der Waals surface area contributed by atoms with E-state index in [1.54, 1.807) is 52.8 Å². The Kier molecular flexibility index (Phi) is 6.20. The van der Waals surface area contributed by atoms with E-state index in [1.165, 1.54) is 24.3 Å². The van der Waals surface area contributed by atoms with Crippen LogP contribution in [0.25, 0.3) is 16.9 Å². The smallest absolute Gasteiger partial charge is 0.376 e. The maximum absolute atomic E-state index is 13.7. The predicted molar refractivity (Wildman–Crippen MR) is 132 cm³/mol. The molecule has 0 N–H and O–H groups in total. The molecule has 2 heterocycles. The summed E-state index contributed by atoms with van der Waals surface area (Å²) in [6.07, 6.45) is 1.24. The zero-order valence-electron chi connectivity index (χ0n) is 19.7. The van der Waals surface area contributed by atoms with Crippen molar-refractivity contribution in [2.45, 2.75) is 13.1 Å². The van der Waals surface area contributed by atoms with Crippen LogP contribution < -0.4 is 5.01 Å². The van der Waals surface area contributed by atoms with Crippen LogP contribution in [0.15, 0.2) is 90.2 Å². The zero-order valence-corrected chi connectivity index (χ0v) is 19.7. The van der Waals surface area contributed by atoms with Gasteiger partial charge in [-0.05, 0) is 67.6 Å². The van der Waals surface area contributed by atoms with E-state index in [1.807, 2.05) is 36.5 Å². The number of amidine groups is 1. The lowest BCUT2D eigenvalue weighted by atomic mass is 10.0. The highest BCUT2D eigenvalue weighted by Crippen LogP contribution is 2.39. The molecule has 0 aliphatic carbocycles. The third-order valence-electron chi connectivity index (χ3n) is 5.84. The summed E-state index contributed by atoms with van der Waals surface area (Å²) < 4.78 is 34.4. The van der Waals surface area contributed by atoms with E-state index in [2.05, 4.69) is 5.10 Å². The lowest BCUT2D eigenvalue weighted by Crippen LogP contribution is -2.36. The van der Waals surface area contributed by atoms with Crippen molar-refractivity contribution >= 4 is 17.5 Å². The molecule has 4 aromatic rings. The van der Waals surface area contributed by atoms with Gasteiger partial charge in [0.1, 0.15) is 11.6 Å². The first kappa shape index (κ1) is 23.2. The number of carbonyl (C=O) groups excluding carboxylic acids is 1. The van der Waals surface area contributed by atoms with Gasteiger partial charge in [-0.3, -0.25) is 0 Å². The Balaban J connectivity index is 1.68. The van der Waals surface area contributed by atoms with Gasteiger partial charge in [0.15, 0.2) is 6.17 Å². The second kappa shape index (κ2) is 9.61. The molecule has 182 valence electrons. The minimum atomic E-state index is -0.618. The monoisotopic (exact) mass is 487 g/mol. The van der Waals surface area contributed by atoms with E-state index in [0.717, 1.165) is 5.69 Å². The van der Waals surface area contributed by atoms with E-state index < -0.39 is 12.1 Å². The van der Waals surface area contributed by atoms with Gasteiger partial charge in [0.05, 0.1) is 23.7 Å². The second-order valence-corrected chi connectivity index (χ2v) is 8.17. The van der Waals surface area contributed by atoms with Crippen LogP contribution in [0.5, 0.6) is 0 Å². The SMILES string of the molecule is CCOC(=O)C1=NN(c2ccc(F)cc2)C(c2cn(-c3ccccc3)nc2-c2ccc(F)cc2)N1C. The first-order chi connectivity index (χ1) is 17.5. The van der Waals surface area contributed by atoms with Crippen molar-refractivity contribution in [3.63, 3.8) is 0 Å². The number of likely N-dealkylation sites (N-methyl/N-ethyl adjacent to an activating group) is 1. The molecular weight excluding hydrogens is 464 g/mol. The maximum atomic E-state index is 13.7. The topological polar surface area (TPSA) is 63.0 Å². The van der Waals surface area contributed by atoms with Crippen molar-refractivity contribution in [3.05, 3.63) is 102 Å². The average Bonchev–Trinajstić information content (AvgIpc) is 3.47. The molecule has 0 fully saturated rings. The van der Waals surface area contributed by atoms with Gasteiger partial charge in [-0.25, -0.2) is 23.3 Å². The molecule has 1 unspecified atom stereocenters. The number of para-hydroxylation sites is 1. The van der Waals surface area contributed by atoms with Crippen molar-refractivity contribution in [1.82, 2.24) is 14.7 Å². The quantitative estimate of drug-likeness (QED) is 0.352. The maximum Gasteiger partial charge on any atom is 0.376 e. The molecule has 1 aromatic heterocycles. The lowest BCUT2D eigenvalue weighted by Gasteiger charge is -2.28. The van der Waals surface area contributed by atoms with E-state index in [4.69, 9.17) is 9.84 Å². The summed E-state index contributed by atoms with van der Waals surface area (Å²) in [5, 5.41) is 11.0. The number of benzene rings is 3. The van der Waals surface area contributed by atoms with Crippen LogP contribution in [0, 0.1) is 11.6 Å². The van der Waals surface area contributed by atoms with Crippen LogP contribution in [0.3, 0.4) is 0 Å². The van der Waals surface area contributed by atoms with Gasteiger partial charge >= 0.3 is 5.97 Å². The zero-order chi connectivity index (χ0) is 25.2. The van der Waals surface area contributed by atoms with Crippen LogP contribution >= 0.6 is 0 Å². The van der Waals surface area contributed by atoms with E-state index >= 15 is 0 Å². The van der Waals surface area contributed by atoms with Crippen LogP contribution in [0.1, 0.15) is 18.7 Å². The van der Waals surface area contributed by atoms with Crippen molar-refractivity contribution in [1.29, 1.82) is 0 Å². The van der Waals surface area contributed by atoms with Crippen LogP contribution in [0.4, 0.5) is 14.5 Å². The Bertz CT molecular complexity index is 1400. The third-order valence-corrected chi connectivity index (χ3v) is 5.84. The molecule has 0 spiro atoms. The van der Waals surface area contributed by atoms with Crippen LogP contribution in [-0.4, -0.2) is 40.1 Å².